The van der Waals surface area contributed by atoms with Crippen molar-refractivity contribution >= 4 is 29.4 Å². The second kappa shape index (κ2) is 6.14. The summed E-state index contributed by atoms with van der Waals surface area (Å²) < 4.78 is 4.94. The lowest BCUT2D eigenvalue weighted by Gasteiger charge is -2.10. The molecule has 0 aromatic heterocycles. The van der Waals surface area contributed by atoms with E-state index in [-0.39, 0.29) is 18.2 Å². The standard InChI is InChI=1S/C15H16N2O3/c1-3-20-15(19)13-9-8-11-6-4-5-7-12(11)17-14(18)10(2)16-13/h4-10H,3H2,1-2H3,(H,17,18)/b9-8+,16-13?. The summed E-state index contributed by atoms with van der Waals surface area (Å²) >= 11 is 0. The van der Waals surface area contributed by atoms with E-state index in [0.29, 0.717) is 5.69 Å². The molecule has 0 fully saturated rings. The average molecular weight is 272 g/mol. The molecule has 1 atom stereocenters. The van der Waals surface area contributed by atoms with Crippen LogP contribution in [0.4, 0.5) is 5.69 Å². The first-order valence-electron chi connectivity index (χ1n) is 6.44. The summed E-state index contributed by atoms with van der Waals surface area (Å²) in [6.45, 7) is 3.63. The Morgan fingerprint density at radius 2 is 2.10 bits per heavy atom. The third-order valence-electron chi connectivity index (χ3n) is 2.84. The lowest BCUT2D eigenvalue weighted by molar-refractivity contribution is -0.134. The Balaban J connectivity index is 2.42. The Morgan fingerprint density at radius 3 is 2.85 bits per heavy atom. The smallest absolute Gasteiger partial charge is 0.356 e. The van der Waals surface area contributed by atoms with E-state index < -0.39 is 12.0 Å². The minimum absolute atomic E-state index is 0.145. The summed E-state index contributed by atoms with van der Waals surface area (Å²) in [6.07, 6.45) is 3.32. The van der Waals surface area contributed by atoms with Gasteiger partial charge in [0.15, 0.2) is 0 Å². The number of para-hydroxylation sites is 1. The summed E-state index contributed by atoms with van der Waals surface area (Å²) in [5.41, 5.74) is 1.65. The van der Waals surface area contributed by atoms with Crippen molar-refractivity contribution in [1.82, 2.24) is 0 Å². The number of fused-ring (bicyclic) bond motifs is 1. The van der Waals surface area contributed by atoms with Gasteiger partial charge in [0.25, 0.3) is 0 Å². The highest BCUT2D eigenvalue weighted by atomic mass is 16.5. The number of aliphatic imine (C=N–C) groups is 1. The Kier molecular flexibility index (Phi) is 4.30. The summed E-state index contributed by atoms with van der Waals surface area (Å²) in [6, 6.07) is 6.69. The minimum Gasteiger partial charge on any atom is -0.461 e. The van der Waals surface area contributed by atoms with Crippen LogP contribution >= 0.6 is 0 Å². The molecule has 1 amide bonds. The predicted molar refractivity (Wildman–Crippen MR) is 77.6 cm³/mol. The second-order valence-electron chi connectivity index (χ2n) is 4.32. The van der Waals surface area contributed by atoms with Gasteiger partial charge in [-0.15, -0.1) is 0 Å². The molecule has 5 nitrogen and oxygen atoms in total. The van der Waals surface area contributed by atoms with Crippen molar-refractivity contribution in [3.63, 3.8) is 0 Å². The normalized spacial score (nSPS) is 19.6. The summed E-state index contributed by atoms with van der Waals surface area (Å²) in [4.78, 5) is 27.9. The molecule has 1 N–H and O–H groups in total. The van der Waals surface area contributed by atoms with Crippen molar-refractivity contribution in [2.45, 2.75) is 19.9 Å². The zero-order chi connectivity index (χ0) is 14.5. The molecule has 0 bridgehead atoms. The number of anilines is 1. The van der Waals surface area contributed by atoms with Gasteiger partial charge in [-0.3, -0.25) is 9.79 Å². The molecule has 1 aromatic carbocycles. The number of hydrogen-bond acceptors (Lipinski definition) is 4. The molecule has 1 aliphatic rings. The molecule has 5 heteroatoms. The number of hydrogen-bond donors (Lipinski definition) is 1. The molecular weight excluding hydrogens is 256 g/mol. The number of ether oxygens (including phenoxy) is 1. The number of rotatable bonds is 2. The van der Waals surface area contributed by atoms with Gasteiger partial charge in [0.1, 0.15) is 11.8 Å². The molecular formula is C15H16N2O3. The van der Waals surface area contributed by atoms with E-state index in [2.05, 4.69) is 10.3 Å². The lowest BCUT2D eigenvalue weighted by Crippen LogP contribution is -2.26. The topological polar surface area (TPSA) is 67.8 Å². The van der Waals surface area contributed by atoms with Gasteiger partial charge in [0, 0.05) is 5.69 Å². The Hall–Kier alpha value is -2.43. The second-order valence-corrected chi connectivity index (χ2v) is 4.32. The van der Waals surface area contributed by atoms with Crippen molar-refractivity contribution in [1.29, 1.82) is 0 Å². The van der Waals surface area contributed by atoms with Gasteiger partial charge in [0.05, 0.1) is 6.61 Å². The molecule has 2 rings (SSSR count). The maximum Gasteiger partial charge on any atom is 0.356 e. The molecule has 1 unspecified atom stereocenters. The van der Waals surface area contributed by atoms with Gasteiger partial charge in [-0.05, 0) is 31.6 Å². The van der Waals surface area contributed by atoms with Crippen LogP contribution in [0, 0.1) is 0 Å². The molecule has 0 saturated carbocycles. The summed E-state index contributed by atoms with van der Waals surface area (Å²) in [5.74, 6) is -0.786. The molecule has 1 heterocycles. The van der Waals surface area contributed by atoms with E-state index in [1.165, 1.54) is 0 Å². The molecule has 1 aromatic rings. The number of nitrogens with zero attached hydrogens (tertiary/aromatic N) is 1. The lowest BCUT2D eigenvalue weighted by atomic mass is 10.1. The Morgan fingerprint density at radius 1 is 1.35 bits per heavy atom. The SMILES string of the molecule is CCOC(=O)C1=NC(C)C(=O)Nc2ccccc2/C=C/1. The molecule has 0 aliphatic carbocycles. The van der Waals surface area contributed by atoms with Gasteiger partial charge in [0.2, 0.25) is 5.91 Å². The van der Waals surface area contributed by atoms with Crippen LogP contribution < -0.4 is 5.32 Å². The third-order valence-corrected chi connectivity index (χ3v) is 2.84. The van der Waals surface area contributed by atoms with Gasteiger partial charge in [-0.25, -0.2) is 4.79 Å². The van der Waals surface area contributed by atoms with Crippen LogP contribution in [0.3, 0.4) is 0 Å². The van der Waals surface area contributed by atoms with Crippen molar-refractivity contribution < 1.29 is 14.3 Å². The van der Waals surface area contributed by atoms with E-state index in [9.17, 15) is 9.59 Å². The van der Waals surface area contributed by atoms with Crippen molar-refractivity contribution in [2.24, 2.45) is 4.99 Å². The number of carbonyl (C=O) groups is 2. The van der Waals surface area contributed by atoms with Crippen molar-refractivity contribution in [3.8, 4) is 0 Å². The highest BCUT2D eigenvalue weighted by Crippen LogP contribution is 2.18. The largest absolute Gasteiger partial charge is 0.461 e. The van der Waals surface area contributed by atoms with E-state index in [1.807, 2.05) is 18.2 Å². The zero-order valence-corrected chi connectivity index (χ0v) is 11.4. The van der Waals surface area contributed by atoms with Crippen molar-refractivity contribution in [3.05, 3.63) is 35.9 Å². The van der Waals surface area contributed by atoms with Crippen LogP contribution in [-0.4, -0.2) is 30.2 Å². The zero-order valence-electron chi connectivity index (χ0n) is 11.4. The first-order valence-corrected chi connectivity index (χ1v) is 6.44. The van der Waals surface area contributed by atoms with Crippen LogP contribution in [0.25, 0.3) is 6.08 Å². The number of benzene rings is 1. The average Bonchev–Trinajstić information content (AvgIpc) is 2.49. The maximum atomic E-state index is 12.0. The number of esters is 1. The monoisotopic (exact) mass is 272 g/mol. The van der Waals surface area contributed by atoms with E-state index in [1.54, 1.807) is 32.1 Å². The number of carbonyl (C=O) groups excluding carboxylic acids is 2. The number of nitrogens with one attached hydrogen (secondary N) is 1. The van der Waals surface area contributed by atoms with Crippen LogP contribution in [0.2, 0.25) is 0 Å². The van der Waals surface area contributed by atoms with E-state index in [0.717, 1.165) is 5.56 Å². The van der Waals surface area contributed by atoms with Crippen LogP contribution in [0.15, 0.2) is 35.3 Å². The maximum absolute atomic E-state index is 12.0. The van der Waals surface area contributed by atoms with Gasteiger partial charge >= 0.3 is 5.97 Å². The molecule has 0 radical (unpaired) electrons. The molecule has 1 aliphatic heterocycles. The summed E-state index contributed by atoms with van der Waals surface area (Å²) in [7, 11) is 0. The molecule has 0 spiro atoms. The van der Waals surface area contributed by atoms with Gasteiger partial charge in [-0.1, -0.05) is 24.3 Å². The molecule has 20 heavy (non-hydrogen) atoms. The fourth-order valence-corrected chi connectivity index (χ4v) is 1.80. The number of amides is 1. The van der Waals surface area contributed by atoms with Crippen LogP contribution in [0.5, 0.6) is 0 Å². The molecule has 104 valence electrons. The predicted octanol–water partition coefficient (Wildman–Crippen LogP) is 2.04. The quantitative estimate of drug-likeness (QED) is 0.838. The van der Waals surface area contributed by atoms with Crippen molar-refractivity contribution in [2.75, 3.05) is 11.9 Å². The highest BCUT2D eigenvalue weighted by Gasteiger charge is 2.18. The van der Waals surface area contributed by atoms with Crippen LogP contribution in [0.1, 0.15) is 19.4 Å². The Bertz CT molecular complexity index is 591. The first-order chi connectivity index (χ1) is 9.61. The van der Waals surface area contributed by atoms with Crippen LogP contribution in [-0.2, 0) is 14.3 Å². The van der Waals surface area contributed by atoms with E-state index >= 15 is 0 Å². The first kappa shape index (κ1) is 14.0. The van der Waals surface area contributed by atoms with E-state index in [4.69, 9.17) is 4.74 Å². The third kappa shape index (κ3) is 3.12. The van der Waals surface area contributed by atoms with Gasteiger partial charge in [-0.2, -0.15) is 0 Å². The molecule has 0 saturated heterocycles. The Labute approximate surface area is 117 Å². The highest BCUT2D eigenvalue weighted by molar-refractivity contribution is 6.42. The fourth-order valence-electron chi connectivity index (χ4n) is 1.80. The fraction of sp³-hybridized carbons (Fsp3) is 0.267. The summed E-state index contributed by atoms with van der Waals surface area (Å²) in [5, 5.41) is 2.79. The minimum atomic E-state index is -0.662. The van der Waals surface area contributed by atoms with Gasteiger partial charge < -0.3 is 10.1 Å².